The molecule has 0 aliphatic rings. The maximum atomic E-state index is 12.5. The number of unbranched alkanes of at least 4 members (excludes halogenated alkanes) is 8. The van der Waals surface area contributed by atoms with E-state index < -0.39 is 6.10 Å². The number of nitrogens with zero attached hydrogens (tertiary/aromatic N) is 2. The number of hydrogen-bond acceptors (Lipinski definition) is 3. The zero-order valence-corrected chi connectivity index (χ0v) is 17.2. The molecule has 0 aliphatic carbocycles. The van der Waals surface area contributed by atoms with Crippen LogP contribution in [-0.4, -0.2) is 62.0 Å². The van der Waals surface area contributed by atoms with Crippen LogP contribution < -0.4 is 0 Å². The molecule has 0 aromatic carbocycles. The van der Waals surface area contributed by atoms with Crippen LogP contribution in [0.15, 0.2) is 0 Å². The summed E-state index contributed by atoms with van der Waals surface area (Å²) >= 11 is 0. The first-order valence-corrected chi connectivity index (χ1v) is 10.0. The lowest BCUT2D eigenvalue weighted by Gasteiger charge is -2.26. The van der Waals surface area contributed by atoms with Gasteiger partial charge in [0.25, 0.3) is 11.8 Å². The van der Waals surface area contributed by atoms with Crippen LogP contribution in [0.1, 0.15) is 78.1 Å². The van der Waals surface area contributed by atoms with E-state index in [1.165, 1.54) is 45.6 Å². The molecule has 148 valence electrons. The summed E-state index contributed by atoms with van der Waals surface area (Å²) in [6, 6.07) is 0. The first kappa shape index (κ1) is 23.9. The number of ether oxygens (including phenoxy) is 1. The molecule has 0 saturated carbocycles. The van der Waals surface area contributed by atoms with Crippen LogP contribution in [0.2, 0.25) is 0 Å². The van der Waals surface area contributed by atoms with Crippen molar-refractivity contribution in [2.45, 2.75) is 84.2 Å². The number of methoxy groups -OCH3 is 1. The normalized spacial score (nSPS) is 11.0. The molecule has 0 aromatic heterocycles. The summed E-state index contributed by atoms with van der Waals surface area (Å²) in [5.74, 6) is -0.471. The van der Waals surface area contributed by atoms with E-state index in [0.29, 0.717) is 13.1 Å². The van der Waals surface area contributed by atoms with Crippen molar-refractivity contribution in [3.8, 4) is 0 Å². The van der Waals surface area contributed by atoms with Gasteiger partial charge in [-0.15, -0.1) is 0 Å². The number of carbonyl (C=O) groups excluding carboxylic acids is 2. The molecule has 5 heteroatoms. The molecular formula is C20H40N2O3. The van der Waals surface area contributed by atoms with E-state index in [2.05, 4.69) is 13.8 Å². The van der Waals surface area contributed by atoms with E-state index in [1.54, 1.807) is 23.9 Å². The van der Waals surface area contributed by atoms with Crippen LogP contribution in [0, 0.1) is 0 Å². The number of rotatable bonds is 15. The Morgan fingerprint density at radius 3 is 1.40 bits per heavy atom. The Morgan fingerprint density at radius 1 is 0.720 bits per heavy atom. The number of carbonyl (C=O) groups is 2. The minimum Gasteiger partial charge on any atom is -0.362 e. The zero-order chi connectivity index (χ0) is 19.1. The maximum absolute atomic E-state index is 12.5. The van der Waals surface area contributed by atoms with Crippen molar-refractivity contribution in [3.63, 3.8) is 0 Å². The molecule has 0 unspecified atom stereocenters. The van der Waals surface area contributed by atoms with Gasteiger partial charge in [0.15, 0.2) is 0 Å². The van der Waals surface area contributed by atoms with E-state index in [9.17, 15) is 9.59 Å². The Balaban J connectivity index is 4.27. The van der Waals surface area contributed by atoms with Crippen LogP contribution in [0.4, 0.5) is 0 Å². The predicted octanol–water partition coefficient (Wildman–Crippen LogP) is 3.86. The van der Waals surface area contributed by atoms with Gasteiger partial charge in [0.1, 0.15) is 0 Å². The van der Waals surface area contributed by atoms with Gasteiger partial charge in [-0.05, 0) is 12.8 Å². The van der Waals surface area contributed by atoms with Gasteiger partial charge in [-0.1, -0.05) is 65.2 Å². The van der Waals surface area contributed by atoms with Gasteiger partial charge >= 0.3 is 0 Å². The Labute approximate surface area is 155 Å². The summed E-state index contributed by atoms with van der Waals surface area (Å²) in [5, 5.41) is 0. The highest BCUT2D eigenvalue weighted by atomic mass is 16.5. The van der Waals surface area contributed by atoms with Crippen LogP contribution >= 0.6 is 0 Å². The topological polar surface area (TPSA) is 49.9 Å². The lowest BCUT2D eigenvalue weighted by Crippen LogP contribution is -2.48. The maximum Gasteiger partial charge on any atom is 0.261 e. The SMILES string of the molecule is CCCCCCCN(C)C(=O)C(OC)C(=O)N(C)CCCCCCC. The molecule has 0 saturated heterocycles. The molecule has 0 radical (unpaired) electrons. The zero-order valence-electron chi connectivity index (χ0n) is 17.2. The highest BCUT2D eigenvalue weighted by Gasteiger charge is 2.31. The second-order valence-electron chi connectivity index (χ2n) is 6.96. The van der Waals surface area contributed by atoms with Gasteiger partial charge < -0.3 is 14.5 Å². The first-order chi connectivity index (χ1) is 12.0. The second kappa shape index (κ2) is 15.2. The lowest BCUT2D eigenvalue weighted by atomic mass is 10.1. The Bertz CT molecular complexity index is 329. The van der Waals surface area contributed by atoms with Crippen molar-refractivity contribution in [2.24, 2.45) is 0 Å². The fraction of sp³-hybridized carbons (Fsp3) is 0.900. The molecule has 0 spiro atoms. The molecule has 0 atom stereocenters. The van der Waals surface area contributed by atoms with Crippen molar-refractivity contribution >= 4 is 11.8 Å². The Kier molecular flexibility index (Phi) is 14.5. The Hall–Kier alpha value is -1.10. The van der Waals surface area contributed by atoms with Crippen LogP contribution in [0.3, 0.4) is 0 Å². The molecule has 5 nitrogen and oxygen atoms in total. The van der Waals surface area contributed by atoms with E-state index in [-0.39, 0.29) is 11.8 Å². The highest BCUT2D eigenvalue weighted by Crippen LogP contribution is 2.08. The van der Waals surface area contributed by atoms with Crippen molar-refractivity contribution < 1.29 is 14.3 Å². The summed E-state index contributed by atoms with van der Waals surface area (Å²) in [7, 11) is 4.95. The van der Waals surface area contributed by atoms with Crippen molar-refractivity contribution in [1.29, 1.82) is 0 Å². The van der Waals surface area contributed by atoms with Gasteiger partial charge in [-0.3, -0.25) is 9.59 Å². The molecule has 0 fully saturated rings. The number of amides is 2. The average molecular weight is 357 g/mol. The summed E-state index contributed by atoms with van der Waals surface area (Å²) in [5.41, 5.74) is 0. The smallest absolute Gasteiger partial charge is 0.261 e. The summed E-state index contributed by atoms with van der Waals surface area (Å²) in [6.45, 7) is 5.72. The number of likely N-dealkylation sites (N-methyl/N-ethyl adjacent to an activating group) is 2. The van der Waals surface area contributed by atoms with Crippen molar-refractivity contribution in [1.82, 2.24) is 9.80 Å². The lowest BCUT2D eigenvalue weighted by molar-refractivity contribution is -0.154. The standard InChI is InChI=1S/C20H40N2O3/c1-6-8-10-12-14-16-21(3)19(23)18(25-5)20(24)22(4)17-15-13-11-9-7-2/h18H,6-17H2,1-5H3. The fourth-order valence-corrected chi connectivity index (χ4v) is 2.83. The molecular weight excluding hydrogens is 316 g/mol. The summed E-state index contributed by atoms with van der Waals surface area (Å²) < 4.78 is 5.22. The third-order valence-corrected chi connectivity index (χ3v) is 4.63. The molecule has 0 N–H and O–H groups in total. The minimum atomic E-state index is -1.01. The molecule has 0 rings (SSSR count). The molecule has 0 bridgehead atoms. The van der Waals surface area contributed by atoms with E-state index in [1.807, 2.05) is 0 Å². The van der Waals surface area contributed by atoms with E-state index in [0.717, 1.165) is 25.7 Å². The van der Waals surface area contributed by atoms with E-state index in [4.69, 9.17) is 4.74 Å². The monoisotopic (exact) mass is 356 g/mol. The molecule has 0 aliphatic heterocycles. The fourth-order valence-electron chi connectivity index (χ4n) is 2.83. The predicted molar refractivity (Wildman–Crippen MR) is 104 cm³/mol. The van der Waals surface area contributed by atoms with Gasteiger partial charge in [-0.2, -0.15) is 0 Å². The molecule has 25 heavy (non-hydrogen) atoms. The third-order valence-electron chi connectivity index (χ3n) is 4.63. The van der Waals surface area contributed by atoms with Gasteiger partial charge in [-0.25, -0.2) is 0 Å². The van der Waals surface area contributed by atoms with Crippen LogP contribution in [-0.2, 0) is 14.3 Å². The highest BCUT2D eigenvalue weighted by molar-refractivity contribution is 6.03. The minimum absolute atomic E-state index is 0.235. The quantitative estimate of drug-likeness (QED) is 0.331. The van der Waals surface area contributed by atoms with Crippen molar-refractivity contribution in [2.75, 3.05) is 34.3 Å². The largest absolute Gasteiger partial charge is 0.362 e. The molecule has 0 heterocycles. The summed E-state index contributed by atoms with van der Waals surface area (Å²) in [4.78, 5) is 28.3. The van der Waals surface area contributed by atoms with E-state index >= 15 is 0 Å². The van der Waals surface area contributed by atoms with Crippen LogP contribution in [0.5, 0.6) is 0 Å². The second-order valence-corrected chi connectivity index (χ2v) is 6.96. The van der Waals surface area contributed by atoms with Crippen LogP contribution in [0.25, 0.3) is 0 Å². The van der Waals surface area contributed by atoms with Gasteiger partial charge in [0.2, 0.25) is 6.10 Å². The first-order valence-electron chi connectivity index (χ1n) is 10.0. The van der Waals surface area contributed by atoms with Gasteiger partial charge in [0, 0.05) is 34.3 Å². The molecule has 2 amide bonds. The number of hydrogen-bond donors (Lipinski definition) is 0. The van der Waals surface area contributed by atoms with Crippen molar-refractivity contribution in [3.05, 3.63) is 0 Å². The molecule has 0 aromatic rings. The Morgan fingerprint density at radius 2 is 1.08 bits per heavy atom. The van der Waals surface area contributed by atoms with Gasteiger partial charge in [0.05, 0.1) is 0 Å². The summed E-state index contributed by atoms with van der Waals surface area (Å²) in [6.07, 6.45) is 10.5. The average Bonchev–Trinajstić information content (AvgIpc) is 2.61. The third kappa shape index (κ3) is 10.5.